The summed E-state index contributed by atoms with van der Waals surface area (Å²) in [4.78, 5) is 15.3. The van der Waals surface area contributed by atoms with Crippen LogP contribution in [0.2, 0.25) is 0 Å². The first-order valence-electron chi connectivity index (χ1n) is 8.12. The topological polar surface area (TPSA) is 62.7 Å². The molecule has 0 heterocycles. The third-order valence-corrected chi connectivity index (χ3v) is 3.35. The summed E-state index contributed by atoms with van der Waals surface area (Å²) >= 11 is 0. The average Bonchev–Trinajstić information content (AvgIpc) is 2.58. The lowest BCUT2D eigenvalue weighted by molar-refractivity contribution is -0.140. The van der Waals surface area contributed by atoms with E-state index in [-0.39, 0.29) is 36.5 Å². The Bertz CT molecular complexity index is 581. The molecule has 0 radical (unpaired) electrons. The van der Waals surface area contributed by atoms with Gasteiger partial charge < -0.3 is 15.4 Å². The van der Waals surface area contributed by atoms with Gasteiger partial charge in [0, 0.05) is 19.5 Å². The van der Waals surface area contributed by atoms with Crippen LogP contribution in [0, 0.1) is 0 Å². The number of nitrogens with one attached hydrogen (secondary N) is 2. The second-order valence-electron chi connectivity index (χ2n) is 5.35. The molecule has 1 aromatic rings. The van der Waals surface area contributed by atoms with Crippen LogP contribution in [0.15, 0.2) is 29.3 Å². The standard InChI is InChI=1S/C17H24F3N3O2.HI/c1-3-21-16(22-10-5-4-9-15(24)25-2)23-12-13-7-6-8-14(11-13)17(18,19)20;/h6-8,11H,3-5,9-10,12H2,1-2H3,(H2,21,22,23);1H. The van der Waals surface area contributed by atoms with Crippen LogP contribution in [0.25, 0.3) is 0 Å². The first-order chi connectivity index (χ1) is 11.9. The molecule has 0 saturated heterocycles. The van der Waals surface area contributed by atoms with E-state index in [1.807, 2.05) is 6.92 Å². The summed E-state index contributed by atoms with van der Waals surface area (Å²) in [5.74, 6) is 0.281. The zero-order valence-electron chi connectivity index (χ0n) is 14.9. The maximum atomic E-state index is 12.7. The number of ether oxygens (including phenoxy) is 1. The molecule has 0 bridgehead atoms. The molecule has 1 aromatic carbocycles. The number of rotatable bonds is 8. The van der Waals surface area contributed by atoms with E-state index >= 15 is 0 Å². The van der Waals surface area contributed by atoms with Gasteiger partial charge in [-0.05, 0) is 37.5 Å². The number of aliphatic imine (C=N–C) groups is 1. The fourth-order valence-electron chi connectivity index (χ4n) is 2.06. The van der Waals surface area contributed by atoms with Crippen molar-refractivity contribution in [3.05, 3.63) is 35.4 Å². The molecule has 0 unspecified atom stereocenters. The lowest BCUT2D eigenvalue weighted by atomic mass is 10.1. The van der Waals surface area contributed by atoms with Crippen molar-refractivity contribution in [2.75, 3.05) is 20.2 Å². The highest BCUT2D eigenvalue weighted by Gasteiger charge is 2.30. The monoisotopic (exact) mass is 487 g/mol. The first-order valence-corrected chi connectivity index (χ1v) is 8.12. The summed E-state index contributed by atoms with van der Waals surface area (Å²) < 4.78 is 42.7. The predicted octanol–water partition coefficient (Wildman–Crippen LogP) is 3.72. The van der Waals surface area contributed by atoms with Gasteiger partial charge >= 0.3 is 12.1 Å². The molecule has 0 fully saturated rings. The fraction of sp³-hybridized carbons (Fsp3) is 0.529. The molecule has 0 aliphatic carbocycles. The minimum Gasteiger partial charge on any atom is -0.469 e. The molecule has 0 aromatic heterocycles. The number of benzene rings is 1. The van der Waals surface area contributed by atoms with Gasteiger partial charge in [-0.25, -0.2) is 4.99 Å². The Morgan fingerprint density at radius 2 is 1.96 bits per heavy atom. The second kappa shape index (κ2) is 12.8. The smallest absolute Gasteiger partial charge is 0.416 e. The van der Waals surface area contributed by atoms with Gasteiger partial charge in [0.25, 0.3) is 0 Å². The maximum Gasteiger partial charge on any atom is 0.416 e. The predicted molar refractivity (Wildman–Crippen MR) is 106 cm³/mol. The Hall–Kier alpha value is -1.52. The van der Waals surface area contributed by atoms with Crippen LogP contribution >= 0.6 is 24.0 Å². The number of hydrogen-bond acceptors (Lipinski definition) is 3. The van der Waals surface area contributed by atoms with Crippen LogP contribution < -0.4 is 10.6 Å². The summed E-state index contributed by atoms with van der Waals surface area (Å²) in [6.07, 6.45) is -2.56. The van der Waals surface area contributed by atoms with Gasteiger partial charge in [0.2, 0.25) is 0 Å². The van der Waals surface area contributed by atoms with Crippen LogP contribution in [0.5, 0.6) is 0 Å². The molecule has 5 nitrogen and oxygen atoms in total. The number of unbranched alkanes of at least 4 members (excludes halogenated alkanes) is 1. The summed E-state index contributed by atoms with van der Waals surface area (Å²) in [5.41, 5.74) is -0.196. The van der Waals surface area contributed by atoms with E-state index in [1.54, 1.807) is 6.07 Å². The largest absolute Gasteiger partial charge is 0.469 e. The van der Waals surface area contributed by atoms with Crippen LogP contribution in [0.3, 0.4) is 0 Å². The molecule has 0 aliphatic heterocycles. The number of alkyl halides is 3. The van der Waals surface area contributed by atoms with Gasteiger partial charge in [-0.2, -0.15) is 13.2 Å². The minimum atomic E-state index is -4.36. The number of carbonyl (C=O) groups is 1. The average molecular weight is 487 g/mol. The van der Waals surface area contributed by atoms with Crippen molar-refractivity contribution < 1.29 is 22.7 Å². The number of carbonyl (C=O) groups excluding carboxylic acids is 1. The van der Waals surface area contributed by atoms with Crippen molar-refractivity contribution in [2.24, 2.45) is 4.99 Å². The summed E-state index contributed by atoms with van der Waals surface area (Å²) in [6, 6.07) is 5.13. The Morgan fingerprint density at radius 3 is 2.58 bits per heavy atom. The lowest BCUT2D eigenvalue weighted by Gasteiger charge is -2.12. The molecule has 26 heavy (non-hydrogen) atoms. The van der Waals surface area contributed by atoms with E-state index < -0.39 is 11.7 Å². The fourth-order valence-corrected chi connectivity index (χ4v) is 2.06. The van der Waals surface area contributed by atoms with E-state index in [2.05, 4.69) is 20.4 Å². The molecule has 2 N–H and O–H groups in total. The number of methoxy groups -OCH3 is 1. The van der Waals surface area contributed by atoms with Gasteiger partial charge in [0.05, 0.1) is 19.2 Å². The highest BCUT2D eigenvalue weighted by molar-refractivity contribution is 14.0. The Kier molecular flexibility index (Phi) is 12.0. The molecular formula is C17H25F3IN3O2. The molecule has 9 heteroatoms. The molecule has 1 rings (SSSR count). The van der Waals surface area contributed by atoms with Gasteiger partial charge in [-0.1, -0.05) is 12.1 Å². The molecule has 0 spiro atoms. The molecule has 0 atom stereocenters. The molecule has 0 saturated carbocycles. The van der Waals surface area contributed by atoms with E-state index in [0.717, 1.165) is 18.6 Å². The van der Waals surface area contributed by atoms with E-state index in [0.29, 0.717) is 37.5 Å². The Labute approximate surface area is 168 Å². The highest BCUT2D eigenvalue weighted by Crippen LogP contribution is 2.29. The van der Waals surface area contributed by atoms with Crippen molar-refractivity contribution in [3.8, 4) is 0 Å². The minimum absolute atomic E-state index is 0. The maximum absolute atomic E-state index is 12.7. The highest BCUT2D eigenvalue weighted by atomic mass is 127. The van der Waals surface area contributed by atoms with E-state index in [1.165, 1.54) is 13.2 Å². The lowest BCUT2D eigenvalue weighted by Crippen LogP contribution is -2.37. The van der Waals surface area contributed by atoms with Crippen LogP contribution in [-0.4, -0.2) is 32.1 Å². The SMILES string of the molecule is CCNC(=NCc1cccc(C(F)(F)F)c1)NCCCCC(=O)OC.I. The third-order valence-electron chi connectivity index (χ3n) is 3.35. The van der Waals surface area contributed by atoms with E-state index in [9.17, 15) is 18.0 Å². The van der Waals surface area contributed by atoms with Gasteiger partial charge in [0.15, 0.2) is 5.96 Å². The van der Waals surface area contributed by atoms with Gasteiger partial charge in [-0.3, -0.25) is 4.79 Å². The molecule has 148 valence electrons. The Morgan fingerprint density at radius 1 is 1.23 bits per heavy atom. The molecule has 0 aliphatic rings. The molecule has 0 amide bonds. The second-order valence-corrected chi connectivity index (χ2v) is 5.35. The third kappa shape index (κ3) is 9.83. The van der Waals surface area contributed by atoms with Crippen LogP contribution in [0.1, 0.15) is 37.3 Å². The normalized spacial score (nSPS) is 11.5. The Balaban J connectivity index is 0.00000625. The zero-order chi connectivity index (χ0) is 18.7. The van der Waals surface area contributed by atoms with Gasteiger partial charge in [-0.15, -0.1) is 24.0 Å². The van der Waals surface area contributed by atoms with Gasteiger partial charge in [0.1, 0.15) is 0 Å². The van der Waals surface area contributed by atoms with E-state index in [4.69, 9.17) is 0 Å². The number of halogens is 4. The molecular weight excluding hydrogens is 462 g/mol. The number of hydrogen-bond donors (Lipinski definition) is 2. The quantitative estimate of drug-likeness (QED) is 0.193. The van der Waals surface area contributed by atoms with Crippen molar-refractivity contribution in [1.82, 2.24) is 10.6 Å². The van der Waals surface area contributed by atoms with Crippen molar-refractivity contribution in [1.29, 1.82) is 0 Å². The van der Waals surface area contributed by atoms with Crippen LogP contribution in [0.4, 0.5) is 13.2 Å². The van der Waals surface area contributed by atoms with Crippen molar-refractivity contribution in [2.45, 2.75) is 38.9 Å². The van der Waals surface area contributed by atoms with Crippen molar-refractivity contribution in [3.63, 3.8) is 0 Å². The number of guanidine groups is 1. The van der Waals surface area contributed by atoms with Crippen molar-refractivity contribution >= 4 is 35.9 Å². The number of nitrogens with zero attached hydrogens (tertiary/aromatic N) is 1. The summed E-state index contributed by atoms with van der Waals surface area (Å²) in [5, 5.41) is 6.13. The summed E-state index contributed by atoms with van der Waals surface area (Å²) in [7, 11) is 1.35. The summed E-state index contributed by atoms with van der Waals surface area (Å²) in [6.45, 7) is 3.28. The first kappa shape index (κ1) is 24.5. The number of esters is 1. The van der Waals surface area contributed by atoms with Crippen LogP contribution in [-0.2, 0) is 22.3 Å². The zero-order valence-corrected chi connectivity index (χ0v) is 17.2.